The Balaban J connectivity index is 1.99. The van der Waals surface area contributed by atoms with Gasteiger partial charge < -0.3 is 15.2 Å². The summed E-state index contributed by atoms with van der Waals surface area (Å²) in [5.74, 6) is 1.30. The Morgan fingerprint density at radius 3 is 2.90 bits per heavy atom. The number of methoxy groups -OCH3 is 1. The van der Waals surface area contributed by atoms with Crippen LogP contribution in [0.3, 0.4) is 0 Å². The highest BCUT2D eigenvalue weighted by Crippen LogP contribution is 2.29. The SMILES string of the molecule is COc1cc(N)ccc1C(=O)c1ccc2c(c1)CCCO2. The average molecular weight is 283 g/mol. The number of ketones is 1. The smallest absolute Gasteiger partial charge is 0.196 e. The summed E-state index contributed by atoms with van der Waals surface area (Å²) in [7, 11) is 1.53. The van der Waals surface area contributed by atoms with Gasteiger partial charge in [-0.05, 0) is 48.7 Å². The van der Waals surface area contributed by atoms with Crippen molar-refractivity contribution >= 4 is 11.5 Å². The van der Waals surface area contributed by atoms with Gasteiger partial charge in [0.05, 0.1) is 19.3 Å². The number of nitrogens with two attached hydrogens (primary N) is 1. The Morgan fingerprint density at radius 1 is 1.24 bits per heavy atom. The Bertz CT molecular complexity index is 694. The predicted molar refractivity (Wildman–Crippen MR) is 81.1 cm³/mol. The first kappa shape index (κ1) is 13.5. The van der Waals surface area contributed by atoms with Gasteiger partial charge in [-0.25, -0.2) is 0 Å². The van der Waals surface area contributed by atoms with Crippen LogP contribution in [0.25, 0.3) is 0 Å². The number of carbonyl (C=O) groups is 1. The van der Waals surface area contributed by atoms with Gasteiger partial charge in [-0.15, -0.1) is 0 Å². The maximum Gasteiger partial charge on any atom is 0.196 e. The molecule has 2 aromatic carbocycles. The van der Waals surface area contributed by atoms with Gasteiger partial charge in [0, 0.05) is 17.3 Å². The van der Waals surface area contributed by atoms with Crippen LogP contribution in [-0.4, -0.2) is 19.5 Å². The van der Waals surface area contributed by atoms with Crippen LogP contribution >= 0.6 is 0 Å². The van der Waals surface area contributed by atoms with Gasteiger partial charge in [0.15, 0.2) is 5.78 Å². The molecule has 1 aliphatic heterocycles. The standard InChI is InChI=1S/C17H17NO3/c1-20-16-10-13(18)5-6-14(16)17(19)12-4-7-15-11(9-12)3-2-8-21-15/h4-7,9-10H,2-3,8,18H2,1H3. The number of hydrogen-bond acceptors (Lipinski definition) is 4. The van der Waals surface area contributed by atoms with Crippen molar-refractivity contribution in [2.75, 3.05) is 19.5 Å². The number of benzene rings is 2. The molecular formula is C17H17NO3. The Hall–Kier alpha value is -2.49. The fourth-order valence-corrected chi connectivity index (χ4v) is 2.55. The summed E-state index contributed by atoms with van der Waals surface area (Å²) >= 11 is 0. The molecule has 0 fully saturated rings. The molecule has 0 bridgehead atoms. The normalized spacial score (nSPS) is 13.2. The molecule has 1 aliphatic rings. The molecule has 21 heavy (non-hydrogen) atoms. The average Bonchev–Trinajstić information content (AvgIpc) is 2.53. The Labute approximate surface area is 123 Å². The van der Waals surface area contributed by atoms with Crippen LogP contribution in [0.15, 0.2) is 36.4 Å². The minimum absolute atomic E-state index is 0.0692. The second-order valence-corrected chi connectivity index (χ2v) is 5.06. The molecule has 0 saturated heterocycles. The van der Waals surface area contributed by atoms with Crippen LogP contribution in [0.4, 0.5) is 5.69 Å². The minimum atomic E-state index is -0.0692. The van der Waals surface area contributed by atoms with E-state index in [0.717, 1.165) is 30.8 Å². The molecule has 2 N–H and O–H groups in total. The van der Waals surface area contributed by atoms with E-state index >= 15 is 0 Å². The summed E-state index contributed by atoms with van der Waals surface area (Å²) in [5.41, 5.74) is 8.54. The van der Waals surface area contributed by atoms with Crippen molar-refractivity contribution in [3.8, 4) is 11.5 Å². The molecule has 0 aromatic heterocycles. The van der Waals surface area contributed by atoms with E-state index in [1.54, 1.807) is 24.3 Å². The quantitative estimate of drug-likeness (QED) is 0.695. The molecular weight excluding hydrogens is 266 g/mol. The minimum Gasteiger partial charge on any atom is -0.496 e. The third-order valence-electron chi connectivity index (χ3n) is 3.64. The van der Waals surface area contributed by atoms with Gasteiger partial charge in [-0.2, -0.15) is 0 Å². The second-order valence-electron chi connectivity index (χ2n) is 5.06. The van der Waals surface area contributed by atoms with E-state index in [2.05, 4.69) is 0 Å². The van der Waals surface area contributed by atoms with E-state index in [0.29, 0.717) is 22.6 Å². The van der Waals surface area contributed by atoms with E-state index in [-0.39, 0.29) is 5.78 Å². The van der Waals surface area contributed by atoms with E-state index in [4.69, 9.17) is 15.2 Å². The first-order chi connectivity index (χ1) is 10.2. The van der Waals surface area contributed by atoms with Gasteiger partial charge in [-0.1, -0.05) is 0 Å². The molecule has 0 amide bonds. The lowest BCUT2D eigenvalue weighted by atomic mass is 9.97. The van der Waals surface area contributed by atoms with Crippen molar-refractivity contribution in [3.05, 3.63) is 53.1 Å². The van der Waals surface area contributed by atoms with E-state index < -0.39 is 0 Å². The molecule has 4 nitrogen and oxygen atoms in total. The van der Waals surface area contributed by atoms with Crippen LogP contribution in [0.5, 0.6) is 11.5 Å². The highest BCUT2D eigenvalue weighted by Gasteiger charge is 2.18. The summed E-state index contributed by atoms with van der Waals surface area (Å²) in [4.78, 5) is 12.7. The highest BCUT2D eigenvalue weighted by atomic mass is 16.5. The lowest BCUT2D eigenvalue weighted by Crippen LogP contribution is -2.10. The number of anilines is 1. The Morgan fingerprint density at radius 2 is 2.10 bits per heavy atom. The highest BCUT2D eigenvalue weighted by molar-refractivity contribution is 6.11. The zero-order chi connectivity index (χ0) is 14.8. The van der Waals surface area contributed by atoms with Crippen molar-refractivity contribution in [2.24, 2.45) is 0 Å². The maximum absolute atomic E-state index is 12.7. The zero-order valence-corrected chi connectivity index (χ0v) is 11.9. The Kier molecular flexibility index (Phi) is 3.52. The van der Waals surface area contributed by atoms with Gasteiger partial charge in [-0.3, -0.25) is 4.79 Å². The van der Waals surface area contributed by atoms with Crippen molar-refractivity contribution in [2.45, 2.75) is 12.8 Å². The summed E-state index contributed by atoms with van der Waals surface area (Å²) in [6, 6.07) is 10.6. The number of aryl methyl sites for hydroxylation is 1. The molecule has 0 aliphatic carbocycles. The molecule has 4 heteroatoms. The number of rotatable bonds is 3. The van der Waals surface area contributed by atoms with Crippen molar-refractivity contribution in [1.29, 1.82) is 0 Å². The van der Waals surface area contributed by atoms with E-state index in [1.807, 2.05) is 12.1 Å². The number of hydrogen-bond donors (Lipinski definition) is 1. The lowest BCUT2D eigenvalue weighted by molar-refractivity contribution is 0.103. The van der Waals surface area contributed by atoms with Gasteiger partial charge in [0.25, 0.3) is 0 Å². The number of fused-ring (bicyclic) bond motifs is 1. The van der Waals surface area contributed by atoms with Crippen LogP contribution in [0.1, 0.15) is 27.9 Å². The molecule has 0 atom stereocenters. The molecule has 2 aromatic rings. The van der Waals surface area contributed by atoms with Gasteiger partial charge >= 0.3 is 0 Å². The predicted octanol–water partition coefficient (Wildman–Crippen LogP) is 2.83. The molecule has 3 rings (SSSR count). The molecule has 0 saturated carbocycles. The van der Waals surface area contributed by atoms with Gasteiger partial charge in [0.1, 0.15) is 11.5 Å². The van der Waals surface area contributed by atoms with Gasteiger partial charge in [0.2, 0.25) is 0 Å². The fourth-order valence-electron chi connectivity index (χ4n) is 2.55. The molecule has 0 unspecified atom stereocenters. The summed E-state index contributed by atoms with van der Waals surface area (Å²) in [6.45, 7) is 0.742. The lowest BCUT2D eigenvalue weighted by Gasteiger charge is -2.17. The zero-order valence-electron chi connectivity index (χ0n) is 11.9. The number of carbonyl (C=O) groups excluding carboxylic acids is 1. The fraction of sp³-hybridized carbons (Fsp3) is 0.235. The van der Waals surface area contributed by atoms with Crippen molar-refractivity contribution in [1.82, 2.24) is 0 Å². The number of ether oxygens (including phenoxy) is 2. The van der Waals surface area contributed by atoms with Crippen LogP contribution < -0.4 is 15.2 Å². The van der Waals surface area contributed by atoms with Crippen molar-refractivity contribution in [3.63, 3.8) is 0 Å². The van der Waals surface area contributed by atoms with Crippen LogP contribution in [0.2, 0.25) is 0 Å². The van der Waals surface area contributed by atoms with E-state index in [1.165, 1.54) is 7.11 Å². The largest absolute Gasteiger partial charge is 0.496 e. The topological polar surface area (TPSA) is 61.5 Å². The van der Waals surface area contributed by atoms with E-state index in [9.17, 15) is 4.79 Å². The monoisotopic (exact) mass is 283 g/mol. The summed E-state index contributed by atoms with van der Waals surface area (Å²) in [6.07, 6.45) is 1.92. The van der Waals surface area contributed by atoms with Crippen molar-refractivity contribution < 1.29 is 14.3 Å². The summed E-state index contributed by atoms with van der Waals surface area (Å²) < 4.78 is 10.8. The third-order valence-corrected chi connectivity index (χ3v) is 3.64. The van der Waals surface area contributed by atoms with Crippen LogP contribution in [0, 0.1) is 0 Å². The molecule has 1 heterocycles. The molecule has 0 spiro atoms. The third kappa shape index (κ3) is 2.57. The first-order valence-corrected chi connectivity index (χ1v) is 6.93. The molecule has 0 radical (unpaired) electrons. The second kappa shape index (κ2) is 5.48. The number of nitrogen functional groups attached to an aromatic ring is 1. The van der Waals surface area contributed by atoms with Crippen LogP contribution in [-0.2, 0) is 6.42 Å². The maximum atomic E-state index is 12.7. The first-order valence-electron chi connectivity index (χ1n) is 6.93. The molecule has 108 valence electrons. The summed E-state index contributed by atoms with van der Waals surface area (Å²) in [5, 5.41) is 0.